The van der Waals surface area contributed by atoms with Crippen LogP contribution < -0.4 is 4.74 Å². The number of nitrogens with zero attached hydrogens (tertiary/aromatic N) is 3. The van der Waals surface area contributed by atoms with Gasteiger partial charge in [-0.2, -0.15) is 5.10 Å². The molecule has 0 atom stereocenters. The monoisotopic (exact) mass is 569 g/mol. The molecule has 0 bridgehead atoms. The topological polar surface area (TPSA) is 84.7 Å². The van der Waals surface area contributed by atoms with E-state index in [9.17, 15) is 9.59 Å². The van der Waals surface area contributed by atoms with Crippen molar-refractivity contribution < 1.29 is 19.4 Å². The third kappa shape index (κ3) is 6.83. The molecule has 0 saturated carbocycles. The molecule has 1 fully saturated rings. The van der Waals surface area contributed by atoms with Crippen LogP contribution in [0.4, 0.5) is 0 Å². The van der Waals surface area contributed by atoms with Crippen molar-refractivity contribution in [1.29, 1.82) is 0 Å². The van der Waals surface area contributed by atoms with Crippen LogP contribution in [0.15, 0.2) is 59.6 Å². The van der Waals surface area contributed by atoms with Gasteiger partial charge in [0.25, 0.3) is 5.91 Å². The van der Waals surface area contributed by atoms with Crippen molar-refractivity contribution in [3.8, 4) is 22.7 Å². The van der Waals surface area contributed by atoms with E-state index in [2.05, 4.69) is 0 Å². The van der Waals surface area contributed by atoms with Crippen LogP contribution in [0.1, 0.15) is 44.6 Å². The number of rotatable bonds is 12. The first kappa shape index (κ1) is 27.9. The van der Waals surface area contributed by atoms with E-state index in [0.717, 1.165) is 29.7 Å². The van der Waals surface area contributed by atoms with E-state index in [4.69, 9.17) is 38.8 Å². The van der Waals surface area contributed by atoms with Crippen LogP contribution >= 0.6 is 35.6 Å². The van der Waals surface area contributed by atoms with E-state index in [-0.39, 0.29) is 12.3 Å². The minimum atomic E-state index is -0.810. The van der Waals surface area contributed by atoms with Crippen LogP contribution in [-0.4, -0.2) is 49.1 Å². The van der Waals surface area contributed by atoms with E-state index >= 15 is 0 Å². The molecule has 2 aromatic carbocycles. The van der Waals surface area contributed by atoms with Crippen LogP contribution in [0.25, 0.3) is 23.0 Å². The fourth-order valence-electron chi connectivity index (χ4n) is 3.96. The Morgan fingerprint density at radius 2 is 1.97 bits per heavy atom. The molecule has 0 spiro atoms. The van der Waals surface area contributed by atoms with E-state index < -0.39 is 5.97 Å². The number of aliphatic carboxylic acids is 1. The van der Waals surface area contributed by atoms with Gasteiger partial charge in [-0.3, -0.25) is 14.5 Å². The summed E-state index contributed by atoms with van der Waals surface area (Å²) in [4.78, 5) is 26.0. The Morgan fingerprint density at radius 3 is 2.68 bits per heavy atom. The van der Waals surface area contributed by atoms with E-state index in [1.54, 1.807) is 9.58 Å². The quantitative estimate of drug-likeness (QED) is 0.145. The van der Waals surface area contributed by atoms with Crippen molar-refractivity contribution in [1.82, 2.24) is 14.7 Å². The van der Waals surface area contributed by atoms with Crippen molar-refractivity contribution in [2.75, 3.05) is 13.2 Å². The van der Waals surface area contributed by atoms with Gasteiger partial charge in [0.15, 0.2) is 0 Å². The molecule has 1 aromatic heterocycles. The lowest BCUT2D eigenvalue weighted by atomic mass is 10.1. The highest BCUT2D eigenvalue weighted by molar-refractivity contribution is 8.26. The number of hydrogen-bond acceptors (Lipinski definition) is 6. The first-order valence-corrected chi connectivity index (χ1v) is 14.0. The van der Waals surface area contributed by atoms with Gasteiger partial charge in [0.05, 0.1) is 22.2 Å². The SMILES string of the molecule is CCCOc1ccc(-c2nn(-c3ccccc3)cc2/C=C2\SC(=S)N(CCCCCC(=O)O)C2=O)cc1Cl. The summed E-state index contributed by atoms with van der Waals surface area (Å²) in [6, 6.07) is 15.3. The van der Waals surface area contributed by atoms with Gasteiger partial charge in [-0.25, -0.2) is 4.68 Å². The number of para-hydroxylation sites is 1. The molecule has 1 amide bonds. The van der Waals surface area contributed by atoms with Gasteiger partial charge in [-0.1, -0.05) is 67.1 Å². The number of thioether (sulfide) groups is 1. The fourth-order valence-corrected chi connectivity index (χ4v) is 5.50. The second kappa shape index (κ2) is 13.1. The van der Waals surface area contributed by atoms with Crippen LogP contribution in [0.3, 0.4) is 0 Å². The molecule has 1 saturated heterocycles. The molecule has 1 aliphatic rings. The summed E-state index contributed by atoms with van der Waals surface area (Å²) >= 11 is 13.3. The summed E-state index contributed by atoms with van der Waals surface area (Å²) in [6.07, 6.45) is 6.70. The molecule has 38 heavy (non-hydrogen) atoms. The molecule has 2 heterocycles. The zero-order chi connectivity index (χ0) is 27.1. The van der Waals surface area contributed by atoms with Crippen molar-refractivity contribution in [2.24, 2.45) is 0 Å². The molecule has 3 aromatic rings. The average molecular weight is 570 g/mol. The Labute approximate surface area is 236 Å². The van der Waals surface area contributed by atoms with Gasteiger partial charge in [-0.05, 0) is 55.7 Å². The van der Waals surface area contributed by atoms with Crippen molar-refractivity contribution in [2.45, 2.75) is 39.0 Å². The third-order valence-electron chi connectivity index (χ3n) is 5.86. The smallest absolute Gasteiger partial charge is 0.303 e. The fraction of sp³-hybridized carbons (Fsp3) is 0.286. The Hall–Kier alpha value is -3.14. The number of carboxylic acid groups (broad SMARTS) is 1. The number of thiocarbonyl (C=S) groups is 1. The predicted molar refractivity (Wildman–Crippen MR) is 156 cm³/mol. The highest BCUT2D eigenvalue weighted by atomic mass is 35.5. The van der Waals surface area contributed by atoms with Crippen LogP contribution in [0.2, 0.25) is 5.02 Å². The normalized spacial score (nSPS) is 14.5. The largest absolute Gasteiger partial charge is 0.492 e. The maximum Gasteiger partial charge on any atom is 0.303 e. The second-order valence-electron chi connectivity index (χ2n) is 8.74. The van der Waals surface area contributed by atoms with Crippen LogP contribution in [0, 0.1) is 0 Å². The molecule has 0 aliphatic carbocycles. The number of carbonyl (C=O) groups excluding carboxylic acids is 1. The van der Waals surface area contributed by atoms with Gasteiger partial charge < -0.3 is 9.84 Å². The molecular weight excluding hydrogens is 542 g/mol. The van der Waals surface area contributed by atoms with Crippen molar-refractivity contribution >= 4 is 57.9 Å². The second-order valence-corrected chi connectivity index (χ2v) is 10.8. The molecular formula is C28H28ClN3O4S2. The van der Waals surface area contributed by atoms with Gasteiger partial charge in [0.1, 0.15) is 15.8 Å². The molecule has 7 nitrogen and oxygen atoms in total. The van der Waals surface area contributed by atoms with Crippen LogP contribution in [-0.2, 0) is 9.59 Å². The standard InChI is InChI=1S/C28H28ClN3O4S2/c1-2-15-36-23-13-12-19(16-22(23)29)26-20(18-32(30-26)21-9-5-3-6-10-21)17-24-27(35)31(28(37)38-24)14-8-4-7-11-25(33)34/h3,5-6,9-10,12-13,16-18H,2,4,7-8,11,14-15H2,1H3,(H,33,34)/b24-17-. The number of unbranched alkanes of at least 4 members (excludes halogenated alkanes) is 2. The number of aromatic nitrogens is 2. The number of ether oxygens (including phenoxy) is 1. The third-order valence-corrected chi connectivity index (χ3v) is 7.54. The summed E-state index contributed by atoms with van der Waals surface area (Å²) in [5.41, 5.74) is 3.12. The van der Waals surface area contributed by atoms with Gasteiger partial charge in [0, 0.05) is 30.3 Å². The lowest BCUT2D eigenvalue weighted by Gasteiger charge is -2.13. The predicted octanol–water partition coefficient (Wildman–Crippen LogP) is 6.83. The Kier molecular flexibility index (Phi) is 9.60. The molecule has 4 rings (SSSR count). The summed E-state index contributed by atoms with van der Waals surface area (Å²) in [5, 5.41) is 14.1. The highest BCUT2D eigenvalue weighted by Gasteiger charge is 2.32. The first-order chi connectivity index (χ1) is 18.4. The zero-order valence-corrected chi connectivity index (χ0v) is 23.3. The summed E-state index contributed by atoms with van der Waals surface area (Å²) in [5.74, 6) is -0.349. The highest BCUT2D eigenvalue weighted by Crippen LogP contribution is 2.36. The number of amides is 1. The zero-order valence-electron chi connectivity index (χ0n) is 20.9. The lowest BCUT2D eigenvalue weighted by molar-refractivity contribution is -0.137. The maximum atomic E-state index is 13.2. The molecule has 0 unspecified atom stereocenters. The number of carboxylic acids is 1. The number of halogens is 1. The van der Waals surface area contributed by atoms with Crippen molar-refractivity contribution in [3.05, 3.63) is 70.2 Å². The Balaban J connectivity index is 1.62. The minimum absolute atomic E-state index is 0.127. The minimum Gasteiger partial charge on any atom is -0.492 e. The van der Waals surface area contributed by atoms with Gasteiger partial charge >= 0.3 is 5.97 Å². The maximum absolute atomic E-state index is 13.2. The number of carbonyl (C=O) groups is 2. The summed E-state index contributed by atoms with van der Waals surface area (Å²) in [7, 11) is 0. The number of hydrogen-bond donors (Lipinski definition) is 1. The summed E-state index contributed by atoms with van der Waals surface area (Å²) < 4.78 is 7.99. The number of benzene rings is 2. The Bertz CT molecular complexity index is 1360. The van der Waals surface area contributed by atoms with E-state index in [1.807, 2.05) is 67.7 Å². The molecule has 0 radical (unpaired) electrons. The molecule has 198 valence electrons. The van der Waals surface area contributed by atoms with Gasteiger partial charge in [0.2, 0.25) is 0 Å². The first-order valence-electron chi connectivity index (χ1n) is 12.4. The molecule has 1 N–H and O–H groups in total. The Morgan fingerprint density at radius 1 is 1.18 bits per heavy atom. The summed E-state index contributed by atoms with van der Waals surface area (Å²) in [6.45, 7) is 3.08. The molecule has 10 heteroatoms. The van der Waals surface area contributed by atoms with E-state index in [0.29, 0.717) is 51.7 Å². The van der Waals surface area contributed by atoms with Crippen LogP contribution in [0.5, 0.6) is 5.75 Å². The molecule has 1 aliphatic heterocycles. The van der Waals surface area contributed by atoms with E-state index in [1.165, 1.54) is 11.8 Å². The van der Waals surface area contributed by atoms with Gasteiger partial charge in [-0.15, -0.1) is 0 Å². The van der Waals surface area contributed by atoms with Crippen molar-refractivity contribution in [3.63, 3.8) is 0 Å². The lowest BCUT2D eigenvalue weighted by Crippen LogP contribution is -2.29. The average Bonchev–Trinajstić information content (AvgIpc) is 3.44.